The lowest BCUT2D eigenvalue weighted by Gasteiger charge is -2.29. The molecule has 1 N–H and O–H groups in total. The Balaban J connectivity index is 2.03. The van der Waals surface area contributed by atoms with Gasteiger partial charge in [-0.1, -0.05) is 35.7 Å². The van der Waals surface area contributed by atoms with E-state index in [9.17, 15) is 5.11 Å². The summed E-state index contributed by atoms with van der Waals surface area (Å²) in [4.78, 5) is 0. The zero-order valence-electron chi connectivity index (χ0n) is 10.2. The summed E-state index contributed by atoms with van der Waals surface area (Å²) in [6, 6.07) is 5.84. The first-order valence-corrected chi connectivity index (χ1v) is 7.14. The predicted molar refractivity (Wildman–Crippen MR) is 72.3 cm³/mol. The monoisotopic (exact) mass is 298 g/mol. The molecule has 0 spiro atoms. The van der Waals surface area contributed by atoms with E-state index in [0.717, 1.165) is 22.2 Å². The number of ether oxygens (including phenoxy) is 1. The van der Waals surface area contributed by atoms with E-state index in [0.29, 0.717) is 6.42 Å². The third-order valence-corrected chi connectivity index (χ3v) is 3.73. The first kappa shape index (κ1) is 12.9. The molecule has 1 unspecified atom stereocenters. The van der Waals surface area contributed by atoms with Gasteiger partial charge in [0.25, 0.3) is 0 Å². The van der Waals surface area contributed by atoms with Gasteiger partial charge < -0.3 is 9.84 Å². The standard InChI is InChI=1S/C14H19BrO2/c1-2-3-4-5-11-9-13(16)12-8-10(15)6-7-14(12)17-11/h6-8,11,13,16H,2-5,9H2,1H3/t11?,13-/m1/s1. The number of unbranched alkanes of at least 4 members (excludes halogenated alkanes) is 2. The van der Waals surface area contributed by atoms with E-state index in [2.05, 4.69) is 22.9 Å². The highest BCUT2D eigenvalue weighted by atomic mass is 79.9. The maximum absolute atomic E-state index is 10.1. The Morgan fingerprint density at radius 1 is 1.41 bits per heavy atom. The molecule has 1 aromatic carbocycles. The van der Waals surface area contributed by atoms with E-state index >= 15 is 0 Å². The molecule has 1 aliphatic rings. The van der Waals surface area contributed by atoms with E-state index in [1.165, 1.54) is 19.3 Å². The number of hydrogen-bond donors (Lipinski definition) is 1. The summed E-state index contributed by atoms with van der Waals surface area (Å²) in [7, 11) is 0. The molecule has 0 fully saturated rings. The van der Waals surface area contributed by atoms with Crippen LogP contribution in [0.25, 0.3) is 0 Å². The number of halogens is 1. The summed E-state index contributed by atoms with van der Waals surface area (Å²) >= 11 is 3.42. The summed E-state index contributed by atoms with van der Waals surface area (Å²) in [5.74, 6) is 0.841. The molecule has 0 aromatic heterocycles. The molecular formula is C14H19BrO2. The third-order valence-electron chi connectivity index (χ3n) is 3.24. The molecule has 0 bridgehead atoms. The first-order chi connectivity index (χ1) is 8.20. The fourth-order valence-electron chi connectivity index (χ4n) is 2.29. The molecule has 2 atom stereocenters. The summed E-state index contributed by atoms with van der Waals surface area (Å²) in [5.41, 5.74) is 0.908. The van der Waals surface area contributed by atoms with Gasteiger partial charge in [0, 0.05) is 16.5 Å². The number of hydrogen-bond acceptors (Lipinski definition) is 2. The number of aliphatic hydroxyl groups is 1. The Morgan fingerprint density at radius 2 is 2.24 bits per heavy atom. The molecule has 2 rings (SSSR count). The number of fused-ring (bicyclic) bond motifs is 1. The van der Waals surface area contributed by atoms with Crippen LogP contribution in [0, 0.1) is 0 Å². The second-order valence-electron chi connectivity index (χ2n) is 4.67. The zero-order valence-corrected chi connectivity index (χ0v) is 11.7. The third kappa shape index (κ3) is 3.23. The van der Waals surface area contributed by atoms with E-state index in [1.54, 1.807) is 0 Å². The highest BCUT2D eigenvalue weighted by molar-refractivity contribution is 9.10. The largest absolute Gasteiger partial charge is 0.490 e. The maximum atomic E-state index is 10.1. The van der Waals surface area contributed by atoms with Crippen LogP contribution in [-0.2, 0) is 0 Å². The average molecular weight is 299 g/mol. The van der Waals surface area contributed by atoms with Crippen molar-refractivity contribution in [3.63, 3.8) is 0 Å². The Hall–Kier alpha value is -0.540. The van der Waals surface area contributed by atoms with Gasteiger partial charge in [0.15, 0.2) is 0 Å². The van der Waals surface area contributed by atoms with Gasteiger partial charge in [-0.25, -0.2) is 0 Å². The Labute approximate surface area is 111 Å². The van der Waals surface area contributed by atoms with Gasteiger partial charge in [-0.3, -0.25) is 0 Å². The van der Waals surface area contributed by atoms with Crippen molar-refractivity contribution in [1.29, 1.82) is 0 Å². The van der Waals surface area contributed by atoms with Crippen LogP contribution in [0.1, 0.15) is 50.7 Å². The van der Waals surface area contributed by atoms with Gasteiger partial charge >= 0.3 is 0 Å². The minimum absolute atomic E-state index is 0.172. The maximum Gasteiger partial charge on any atom is 0.125 e. The highest BCUT2D eigenvalue weighted by Crippen LogP contribution is 2.37. The van der Waals surface area contributed by atoms with Crippen molar-refractivity contribution < 1.29 is 9.84 Å². The second-order valence-corrected chi connectivity index (χ2v) is 5.58. The minimum Gasteiger partial charge on any atom is -0.490 e. The van der Waals surface area contributed by atoms with Crippen LogP contribution in [-0.4, -0.2) is 11.2 Å². The van der Waals surface area contributed by atoms with Crippen molar-refractivity contribution in [1.82, 2.24) is 0 Å². The number of rotatable bonds is 4. The Kier molecular flexibility index (Phi) is 4.46. The van der Waals surface area contributed by atoms with Crippen LogP contribution < -0.4 is 4.74 Å². The quantitative estimate of drug-likeness (QED) is 0.844. The van der Waals surface area contributed by atoms with Crippen LogP contribution in [0.2, 0.25) is 0 Å². The molecule has 17 heavy (non-hydrogen) atoms. The van der Waals surface area contributed by atoms with Gasteiger partial charge in [0.1, 0.15) is 11.9 Å². The first-order valence-electron chi connectivity index (χ1n) is 6.35. The lowest BCUT2D eigenvalue weighted by molar-refractivity contribution is 0.0605. The van der Waals surface area contributed by atoms with Crippen LogP contribution in [0.15, 0.2) is 22.7 Å². The van der Waals surface area contributed by atoms with Gasteiger partial charge in [0.2, 0.25) is 0 Å². The lowest BCUT2D eigenvalue weighted by atomic mass is 9.96. The molecule has 1 aromatic rings. The minimum atomic E-state index is -0.386. The molecule has 3 heteroatoms. The molecule has 0 amide bonds. The lowest BCUT2D eigenvalue weighted by Crippen LogP contribution is -2.25. The smallest absolute Gasteiger partial charge is 0.125 e. The SMILES string of the molecule is CCCCCC1C[C@@H](O)c2cc(Br)ccc2O1. The van der Waals surface area contributed by atoms with Crippen molar-refractivity contribution in [2.45, 2.75) is 51.2 Å². The Bertz CT molecular complexity index is 378. The number of aliphatic hydroxyl groups excluding tert-OH is 1. The fourth-order valence-corrected chi connectivity index (χ4v) is 2.67. The summed E-state index contributed by atoms with van der Waals surface area (Å²) < 4.78 is 6.91. The summed E-state index contributed by atoms with van der Waals surface area (Å²) in [6.07, 6.45) is 5.18. The van der Waals surface area contributed by atoms with Crippen molar-refractivity contribution >= 4 is 15.9 Å². The van der Waals surface area contributed by atoms with Gasteiger partial charge in [-0.05, 0) is 31.0 Å². The van der Waals surface area contributed by atoms with Crippen LogP contribution in [0.4, 0.5) is 0 Å². The normalized spacial score (nSPS) is 23.0. The molecule has 0 saturated carbocycles. The van der Waals surface area contributed by atoms with E-state index in [-0.39, 0.29) is 12.2 Å². The molecule has 0 aliphatic carbocycles. The van der Waals surface area contributed by atoms with E-state index in [4.69, 9.17) is 4.74 Å². The Morgan fingerprint density at radius 3 is 3.00 bits per heavy atom. The zero-order chi connectivity index (χ0) is 12.3. The fraction of sp³-hybridized carbons (Fsp3) is 0.571. The molecule has 0 radical (unpaired) electrons. The van der Waals surface area contributed by atoms with E-state index in [1.807, 2.05) is 18.2 Å². The molecule has 1 aliphatic heterocycles. The van der Waals surface area contributed by atoms with Crippen molar-refractivity contribution in [2.75, 3.05) is 0 Å². The van der Waals surface area contributed by atoms with Crippen molar-refractivity contribution in [3.05, 3.63) is 28.2 Å². The highest BCUT2D eigenvalue weighted by Gasteiger charge is 2.26. The molecule has 0 saturated heterocycles. The topological polar surface area (TPSA) is 29.5 Å². The second kappa shape index (κ2) is 5.87. The van der Waals surface area contributed by atoms with Gasteiger partial charge in [0.05, 0.1) is 6.10 Å². The van der Waals surface area contributed by atoms with E-state index < -0.39 is 0 Å². The van der Waals surface area contributed by atoms with Crippen LogP contribution in [0.3, 0.4) is 0 Å². The molecule has 1 heterocycles. The number of benzene rings is 1. The molecule has 94 valence electrons. The average Bonchev–Trinajstić information content (AvgIpc) is 2.31. The predicted octanol–water partition coefficient (Wildman–Crippen LogP) is 4.21. The molecule has 2 nitrogen and oxygen atoms in total. The van der Waals surface area contributed by atoms with Gasteiger partial charge in [-0.2, -0.15) is 0 Å². The van der Waals surface area contributed by atoms with Crippen LogP contribution >= 0.6 is 15.9 Å². The van der Waals surface area contributed by atoms with Crippen LogP contribution in [0.5, 0.6) is 5.75 Å². The summed E-state index contributed by atoms with van der Waals surface area (Å²) in [5, 5.41) is 10.1. The van der Waals surface area contributed by atoms with Crippen molar-refractivity contribution in [2.24, 2.45) is 0 Å². The molecular weight excluding hydrogens is 280 g/mol. The van der Waals surface area contributed by atoms with Gasteiger partial charge in [-0.15, -0.1) is 0 Å². The summed E-state index contributed by atoms with van der Waals surface area (Å²) in [6.45, 7) is 2.20. The van der Waals surface area contributed by atoms with Crippen molar-refractivity contribution in [3.8, 4) is 5.75 Å².